The summed E-state index contributed by atoms with van der Waals surface area (Å²) in [4.78, 5) is 16.0. The maximum atomic E-state index is 6.24. The van der Waals surface area contributed by atoms with Gasteiger partial charge in [0.05, 0.1) is 0 Å². The Morgan fingerprint density at radius 1 is 1.11 bits per heavy atom. The van der Waals surface area contributed by atoms with Crippen LogP contribution in [0.2, 0.25) is 0 Å². The summed E-state index contributed by atoms with van der Waals surface area (Å²) in [6.45, 7) is 2.01. The second kappa shape index (κ2) is 7.99. The summed E-state index contributed by atoms with van der Waals surface area (Å²) < 4.78 is 6.15. The summed E-state index contributed by atoms with van der Waals surface area (Å²) in [6, 6.07) is 13.4. The summed E-state index contributed by atoms with van der Waals surface area (Å²) in [5, 5.41) is 2.68. The summed E-state index contributed by atoms with van der Waals surface area (Å²) in [6.07, 6.45) is 5.22. The van der Waals surface area contributed by atoms with E-state index in [2.05, 4.69) is 15.0 Å². The molecule has 0 saturated carbocycles. The number of allylic oxidation sites excluding steroid dienone is 1. The number of pyridine rings is 1. The number of hydrogen-bond donors (Lipinski definition) is 1. The van der Waals surface area contributed by atoms with Crippen molar-refractivity contribution in [3.8, 4) is 11.5 Å². The van der Waals surface area contributed by atoms with Crippen molar-refractivity contribution in [2.45, 2.75) is 22.5 Å². The number of anilines is 1. The first-order valence-corrected chi connectivity index (χ1v) is 10.0. The van der Waals surface area contributed by atoms with Gasteiger partial charge in [-0.25, -0.2) is 15.0 Å². The van der Waals surface area contributed by atoms with Crippen LogP contribution in [0, 0.1) is 0 Å². The molecular formula is C19H17N5OS2. The predicted octanol–water partition coefficient (Wildman–Crippen LogP) is 4.47. The molecule has 0 aliphatic carbocycles. The zero-order valence-corrected chi connectivity index (χ0v) is 16.2. The van der Waals surface area contributed by atoms with Gasteiger partial charge in [0, 0.05) is 35.2 Å². The molecule has 0 spiro atoms. The van der Waals surface area contributed by atoms with Gasteiger partial charge in [-0.05, 0) is 42.3 Å². The molecule has 1 aliphatic heterocycles. The number of nitrogens with zero attached hydrogens (tertiary/aromatic N) is 4. The molecule has 0 saturated heterocycles. The fraction of sp³-hybridized carbons (Fsp3) is 0.105. The second-order valence-electron chi connectivity index (χ2n) is 5.70. The van der Waals surface area contributed by atoms with E-state index in [1.54, 1.807) is 36.4 Å². The van der Waals surface area contributed by atoms with E-state index in [1.807, 2.05) is 53.6 Å². The first-order chi connectivity index (χ1) is 13.2. The maximum Gasteiger partial charge on any atom is 0.192 e. The number of ether oxygens (including phenoxy) is 1. The van der Waals surface area contributed by atoms with Gasteiger partial charge in [-0.15, -0.1) is 0 Å². The van der Waals surface area contributed by atoms with E-state index in [0.29, 0.717) is 16.7 Å². The van der Waals surface area contributed by atoms with E-state index in [1.165, 1.54) is 11.8 Å². The lowest BCUT2D eigenvalue weighted by Gasteiger charge is -2.25. The van der Waals surface area contributed by atoms with Gasteiger partial charge in [-0.2, -0.15) is 0 Å². The highest BCUT2D eigenvalue weighted by molar-refractivity contribution is 8.03. The Balaban J connectivity index is 1.71. The molecule has 1 aliphatic rings. The van der Waals surface area contributed by atoms with Crippen LogP contribution in [0.1, 0.15) is 6.92 Å². The minimum absolute atomic E-state index is 0.230. The molecule has 1 aromatic carbocycles. The Morgan fingerprint density at radius 2 is 1.89 bits per heavy atom. The Bertz CT molecular complexity index is 953. The molecule has 2 aromatic heterocycles. The minimum Gasteiger partial charge on any atom is -0.453 e. The largest absolute Gasteiger partial charge is 0.453 e. The van der Waals surface area contributed by atoms with E-state index in [0.717, 1.165) is 16.3 Å². The molecule has 0 radical (unpaired) electrons. The van der Waals surface area contributed by atoms with E-state index in [4.69, 9.17) is 10.5 Å². The average molecular weight is 396 g/mol. The zero-order chi connectivity index (χ0) is 18.6. The monoisotopic (exact) mass is 395 g/mol. The van der Waals surface area contributed by atoms with Crippen molar-refractivity contribution in [2.24, 2.45) is 5.73 Å². The van der Waals surface area contributed by atoms with Crippen LogP contribution in [0.25, 0.3) is 0 Å². The highest BCUT2D eigenvalue weighted by Gasteiger charge is 2.27. The van der Waals surface area contributed by atoms with Crippen molar-refractivity contribution in [3.05, 3.63) is 72.2 Å². The van der Waals surface area contributed by atoms with E-state index in [9.17, 15) is 0 Å². The molecule has 8 heteroatoms. The van der Waals surface area contributed by atoms with Crippen LogP contribution in [0.5, 0.6) is 11.5 Å². The standard InChI is InChI=1S/C19H17N5OS2/c1-13-12-26-18(20)24(13)17-16(25-14-6-3-2-4-7-14)10-15(11-23-17)27-19-21-8-5-9-22-19/h2-12,18H,20H2,1H3. The lowest BCUT2D eigenvalue weighted by molar-refractivity contribution is 0.478. The van der Waals surface area contributed by atoms with Crippen LogP contribution in [0.4, 0.5) is 5.82 Å². The van der Waals surface area contributed by atoms with Crippen molar-refractivity contribution >= 4 is 29.3 Å². The summed E-state index contributed by atoms with van der Waals surface area (Å²) in [5.74, 6) is 2.05. The summed E-state index contributed by atoms with van der Waals surface area (Å²) >= 11 is 2.98. The number of para-hydroxylation sites is 1. The van der Waals surface area contributed by atoms with Gasteiger partial charge in [-0.1, -0.05) is 30.0 Å². The zero-order valence-electron chi connectivity index (χ0n) is 14.5. The summed E-state index contributed by atoms with van der Waals surface area (Å²) in [5.41, 5.74) is 7.04. The number of aromatic nitrogens is 3. The van der Waals surface area contributed by atoms with E-state index in [-0.39, 0.29) is 5.50 Å². The van der Waals surface area contributed by atoms with Gasteiger partial charge >= 0.3 is 0 Å². The highest BCUT2D eigenvalue weighted by Crippen LogP contribution is 2.40. The molecule has 3 aromatic rings. The van der Waals surface area contributed by atoms with Gasteiger partial charge in [0.2, 0.25) is 0 Å². The van der Waals surface area contributed by atoms with Crippen molar-refractivity contribution in [1.82, 2.24) is 15.0 Å². The Kier molecular flexibility index (Phi) is 5.28. The molecule has 6 nitrogen and oxygen atoms in total. The SMILES string of the molecule is CC1=CSC(N)N1c1ncc(Sc2ncccn2)cc1Oc1ccccc1. The number of rotatable bonds is 5. The molecule has 4 rings (SSSR count). The lowest BCUT2D eigenvalue weighted by atomic mass is 10.3. The van der Waals surface area contributed by atoms with Crippen molar-refractivity contribution in [1.29, 1.82) is 0 Å². The third kappa shape index (κ3) is 4.08. The topological polar surface area (TPSA) is 77.2 Å². The fourth-order valence-electron chi connectivity index (χ4n) is 2.56. The Morgan fingerprint density at radius 3 is 2.59 bits per heavy atom. The third-order valence-electron chi connectivity index (χ3n) is 3.77. The molecular weight excluding hydrogens is 378 g/mol. The van der Waals surface area contributed by atoms with Crippen molar-refractivity contribution in [3.63, 3.8) is 0 Å². The molecule has 27 heavy (non-hydrogen) atoms. The van der Waals surface area contributed by atoms with Crippen molar-refractivity contribution in [2.75, 3.05) is 4.90 Å². The molecule has 0 bridgehead atoms. The molecule has 3 heterocycles. The Labute approximate surface area is 165 Å². The molecule has 1 atom stereocenters. The first-order valence-electron chi connectivity index (χ1n) is 8.25. The molecule has 0 fully saturated rings. The van der Waals surface area contributed by atoms with Crippen LogP contribution >= 0.6 is 23.5 Å². The van der Waals surface area contributed by atoms with E-state index >= 15 is 0 Å². The molecule has 136 valence electrons. The van der Waals surface area contributed by atoms with Crippen LogP contribution in [0.3, 0.4) is 0 Å². The van der Waals surface area contributed by atoms with Gasteiger partial charge in [0.15, 0.2) is 16.7 Å². The van der Waals surface area contributed by atoms with Gasteiger partial charge < -0.3 is 15.4 Å². The molecule has 1 unspecified atom stereocenters. The number of thioether (sulfide) groups is 1. The molecule has 0 amide bonds. The molecule has 2 N–H and O–H groups in total. The average Bonchev–Trinajstić information content (AvgIpc) is 3.02. The van der Waals surface area contributed by atoms with Gasteiger partial charge in [0.25, 0.3) is 0 Å². The quantitative estimate of drug-likeness (QED) is 0.634. The third-order valence-corrected chi connectivity index (χ3v) is 5.59. The Hall–Kier alpha value is -2.55. The highest BCUT2D eigenvalue weighted by atomic mass is 32.2. The minimum atomic E-state index is -0.230. The van der Waals surface area contributed by atoms with Crippen LogP contribution in [0.15, 0.2) is 82.2 Å². The maximum absolute atomic E-state index is 6.24. The normalized spacial score (nSPS) is 16.3. The van der Waals surface area contributed by atoms with Crippen LogP contribution in [-0.4, -0.2) is 20.4 Å². The predicted molar refractivity (Wildman–Crippen MR) is 109 cm³/mol. The number of benzene rings is 1. The van der Waals surface area contributed by atoms with Crippen LogP contribution in [-0.2, 0) is 0 Å². The van der Waals surface area contributed by atoms with Gasteiger partial charge in [-0.3, -0.25) is 0 Å². The van der Waals surface area contributed by atoms with Crippen molar-refractivity contribution < 1.29 is 4.74 Å². The summed E-state index contributed by atoms with van der Waals surface area (Å²) in [7, 11) is 0. The van der Waals surface area contributed by atoms with Gasteiger partial charge in [0.1, 0.15) is 11.2 Å². The lowest BCUT2D eigenvalue weighted by Crippen LogP contribution is -2.35. The fourth-order valence-corrected chi connectivity index (χ4v) is 4.11. The number of nitrogens with two attached hydrogens (primary N) is 1. The first kappa shape index (κ1) is 17.8. The van der Waals surface area contributed by atoms with E-state index < -0.39 is 0 Å². The second-order valence-corrected chi connectivity index (χ2v) is 7.73. The smallest absolute Gasteiger partial charge is 0.192 e. The number of hydrogen-bond acceptors (Lipinski definition) is 8. The van der Waals surface area contributed by atoms with Crippen LogP contribution < -0.4 is 15.4 Å².